The third-order valence-corrected chi connectivity index (χ3v) is 4.42. The van der Waals surface area contributed by atoms with Crippen molar-refractivity contribution >= 4 is 56.0 Å². The van der Waals surface area contributed by atoms with Crippen molar-refractivity contribution in [2.45, 2.75) is 0 Å². The molecule has 8 heteroatoms. The zero-order valence-electron chi connectivity index (χ0n) is 12.5. The number of rotatable bonds is 3. The van der Waals surface area contributed by atoms with Gasteiger partial charge < -0.3 is 10.1 Å². The monoisotopic (exact) mass is 361 g/mol. The summed E-state index contributed by atoms with van der Waals surface area (Å²) in [6.45, 7) is 0. The average Bonchev–Trinajstić information content (AvgIpc) is 2.97. The van der Waals surface area contributed by atoms with Gasteiger partial charge in [0.1, 0.15) is 0 Å². The average molecular weight is 362 g/mol. The molecule has 0 aliphatic carbocycles. The molecule has 0 spiro atoms. The minimum absolute atomic E-state index is 0.413. The summed E-state index contributed by atoms with van der Waals surface area (Å²) in [5.74, 6) is -0.420. The molecule has 0 aliphatic heterocycles. The van der Waals surface area contributed by atoms with Crippen molar-refractivity contribution in [1.82, 2.24) is 4.98 Å². The molecule has 0 fully saturated rings. The quantitative estimate of drug-likeness (QED) is 0.678. The fraction of sp³-hybridized carbons (Fsp3) is 0.0625. The van der Waals surface area contributed by atoms with E-state index in [0.717, 1.165) is 4.70 Å². The molecule has 3 rings (SSSR count). The number of hydrogen-bond donors (Lipinski definition) is 2. The number of amides is 2. The van der Waals surface area contributed by atoms with Crippen LogP contribution in [0.15, 0.2) is 42.5 Å². The van der Waals surface area contributed by atoms with Gasteiger partial charge in [-0.15, -0.1) is 0 Å². The highest BCUT2D eigenvalue weighted by Crippen LogP contribution is 2.27. The molecule has 2 aromatic carbocycles. The number of nitrogens with zero attached hydrogens (tertiary/aromatic N) is 1. The van der Waals surface area contributed by atoms with Crippen LogP contribution in [0.4, 0.5) is 15.6 Å². The van der Waals surface area contributed by atoms with E-state index in [2.05, 4.69) is 20.4 Å². The van der Waals surface area contributed by atoms with Gasteiger partial charge in [0, 0.05) is 0 Å². The summed E-state index contributed by atoms with van der Waals surface area (Å²) in [5, 5.41) is 6.16. The number of anilines is 2. The Morgan fingerprint density at radius 3 is 2.71 bits per heavy atom. The molecule has 6 nitrogen and oxygen atoms in total. The first-order valence-electron chi connectivity index (χ1n) is 6.88. The number of halogens is 1. The van der Waals surface area contributed by atoms with E-state index in [1.165, 1.54) is 18.4 Å². The lowest BCUT2D eigenvalue weighted by Gasteiger charge is -2.06. The van der Waals surface area contributed by atoms with Crippen LogP contribution in [0, 0.1) is 0 Å². The van der Waals surface area contributed by atoms with E-state index < -0.39 is 12.0 Å². The summed E-state index contributed by atoms with van der Waals surface area (Å²) in [7, 11) is 1.32. The van der Waals surface area contributed by atoms with Crippen LogP contribution in [-0.4, -0.2) is 24.1 Å². The highest BCUT2D eigenvalue weighted by atomic mass is 35.5. The molecular formula is C16H12ClN3O3S. The Morgan fingerprint density at radius 2 is 1.96 bits per heavy atom. The standard InChI is InChI=1S/C16H12ClN3O3S/c1-23-14(21)9-6-7-12-13(8-9)24-16(19-12)20-15(22)18-11-5-3-2-4-10(11)17/h2-8H,1H3,(H2,18,19,20,22). The van der Waals surface area contributed by atoms with Gasteiger partial charge in [-0.2, -0.15) is 0 Å². The summed E-state index contributed by atoms with van der Waals surface area (Å²) < 4.78 is 5.46. The van der Waals surface area contributed by atoms with E-state index in [1.54, 1.807) is 42.5 Å². The highest BCUT2D eigenvalue weighted by molar-refractivity contribution is 7.22. The van der Waals surface area contributed by atoms with Crippen LogP contribution in [0.2, 0.25) is 5.02 Å². The van der Waals surface area contributed by atoms with Crippen molar-refractivity contribution in [2.75, 3.05) is 17.7 Å². The fourth-order valence-corrected chi connectivity index (χ4v) is 3.12. The molecule has 0 unspecified atom stereocenters. The number of aromatic nitrogens is 1. The first kappa shape index (κ1) is 16.2. The van der Waals surface area contributed by atoms with Crippen molar-refractivity contribution in [1.29, 1.82) is 0 Å². The van der Waals surface area contributed by atoms with Crippen molar-refractivity contribution in [3.8, 4) is 0 Å². The summed E-state index contributed by atoms with van der Waals surface area (Å²) in [6, 6.07) is 11.5. The molecule has 0 aliphatic rings. The zero-order valence-corrected chi connectivity index (χ0v) is 14.1. The van der Waals surface area contributed by atoms with Gasteiger partial charge in [0.05, 0.1) is 33.6 Å². The first-order chi connectivity index (χ1) is 11.6. The Kier molecular flexibility index (Phi) is 4.64. The highest BCUT2D eigenvalue weighted by Gasteiger charge is 2.12. The van der Waals surface area contributed by atoms with Crippen LogP contribution < -0.4 is 10.6 Å². The zero-order chi connectivity index (χ0) is 17.1. The van der Waals surface area contributed by atoms with Crippen LogP contribution >= 0.6 is 22.9 Å². The Morgan fingerprint density at radius 1 is 1.17 bits per heavy atom. The van der Waals surface area contributed by atoms with E-state index in [0.29, 0.717) is 26.9 Å². The lowest BCUT2D eigenvalue weighted by molar-refractivity contribution is 0.0601. The van der Waals surface area contributed by atoms with Gasteiger partial charge in [-0.05, 0) is 30.3 Å². The largest absolute Gasteiger partial charge is 0.465 e. The Bertz CT molecular complexity index is 926. The minimum Gasteiger partial charge on any atom is -0.465 e. The molecule has 2 amide bonds. The third kappa shape index (κ3) is 3.47. The maximum Gasteiger partial charge on any atom is 0.337 e. The number of hydrogen-bond acceptors (Lipinski definition) is 5. The van der Waals surface area contributed by atoms with E-state index in [1.807, 2.05) is 0 Å². The lowest BCUT2D eigenvalue weighted by Crippen LogP contribution is -2.19. The minimum atomic E-state index is -0.449. The van der Waals surface area contributed by atoms with Gasteiger partial charge in [-0.3, -0.25) is 5.32 Å². The van der Waals surface area contributed by atoms with Crippen LogP contribution in [0.3, 0.4) is 0 Å². The predicted octanol–water partition coefficient (Wildman–Crippen LogP) is 4.38. The summed E-state index contributed by atoms with van der Waals surface area (Å²) in [6.07, 6.45) is 0. The van der Waals surface area contributed by atoms with Gasteiger partial charge in [-0.25, -0.2) is 14.6 Å². The van der Waals surface area contributed by atoms with Crippen LogP contribution in [0.25, 0.3) is 10.2 Å². The number of methoxy groups -OCH3 is 1. The third-order valence-electron chi connectivity index (χ3n) is 3.15. The molecule has 0 bridgehead atoms. The smallest absolute Gasteiger partial charge is 0.337 e. The molecule has 0 atom stereocenters. The summed E-state index contributed by atoms with van der Waals surface area (Å²) >= 11 is 7.26. The molecule has 3 aromatic rings. The molecule has 2 N–H and O–H groups in total. The maximum atomic E-state index is 12.0. The molecule has 122 valence electrons. The maximum absolute atomic E-state index is 12.0. The summed E-state index contributed by atoms with van der Waals surface area (Å²) in [4.78, 5) is 27.9. The number of nitrogens with one attached hydrogen (secondary N) is 2. The number of benzene rings is 2. The normalized spacial score (nSPS) is 10.4. The van der Waals surface area contributed by atoms with Crippen LogP contribution in [0.5, 0.6) is 0 Å². The SMILES string of the molecule is COC(=O)c1ccc2nc(NC(=O)Nc3ccccc3Cl)sc2c1. The van der Waals surface area contributed by atoms with Crippen molar-refractivity contribution < 1.29 is 14.3 Å². The second-order valence-electron chi connectivity index (χ2n) is 4.75. The van der Waals surface area contributed by atoms with E-state index in [9.17, 15) is 9.59 Å². The van der Waals surface area contributed by atoms with Crippen molar-refractivity contribution in [2.24, 2.45) is 0 Å². The molecule has 24 heavy (non-hydrogen) atoms. The lowest BCUT2D eigenvalue weighted by atomic mass is 10.2. The molecule has 0 saturated carbocycles. The second kappa shape index (κ2) is 6.86. The first-order valence-corrected chi connectivity index (χ1v) is 8.07. The number of ether oxygens (including phenoxy) is 1. The summed E-state index contributed by atoms with van der Waals surface area (Å²) in [5.41, 5.74) is 1.62. The van der Waals surface area contributed by atoms with Gasteiger partial charge in [0.2, 0.25) is 0 Å². The van der Waals surface area contributed by atoms with Gasteiger partial charge in [0.25, 0.3) is 0 Å². The number of fused-ring (bicyclic) bond motifs is 1. The predicted molar refractivity (Wildman–Crippen MR) is 95.1 cm³/mol. The van der Waals surface area contributed by atoms with Crippen molar-refractivity contribution in [3.05, 3.63) is 53.1 Å². The van der Waals surface area contributed by atoms with E-state index >= 15 is 0 Å². The van der Waals surface area contributed by atoms with Crippen LogP contribution in [0.1, 0.15) is 10.4 Å². The van der Waals surface area contributed by atoms with E-state index in [4.69, 9.17) is 11.6 Å². The van der Waals surface area contributed by atoms with Gasteiger partial charge in [0.15, 0.2) is 5.13 Å². The number of carbonyl (C=O) groups is 2. The topological polar surface area (TPSA) is 80.3 Å². The number of esters is 1. The second-order valence-corrected chi connectivity index (χ2v) is 6.19. The number of carbonyl (C=O) groups excluding carboxylic acids is 2. The molecule has 1 heterocycles. The fourth-order valence-electron chi connectivity index (χ4n) is 2.04. The van der Waals surface area contributed by atoms with Crippen molar-refractivity contribution in [3.63, 3.8) is 0 Å². The van der Waals surface area contributed by atoms with E-state index in [-0.39, 0.29) is 0 Å². The van der Waals surface area contributed by atoms with Gasteiger partial charge in [-0.1, -0.05) is 35.1 Å². The Hall–Kier alpha value is -2.64. The Labute approximate surface area is 146 Å². The van der Waals surface area contributed by atoms with Crippen LogP contribution in [-0.2, 0) is 4.74 Å². The molecule has 0 saturated heterocycles. The molecule has 0 radical (unpaired) electrons. The number of urea groups is 1. The molecule has 1 aromatic heterocycles. The molecular weight excluding hydrogens is 350 g/mol. The number of para-hydroxylation sites is 1. The van der Waals surface area contributed by atoms with Gasteiger partial charge >= 0.3 is 12.0 Å². The Balaban J connectivity index is 1.76. The number of thiazole rings is 1.